The summed E-state index contributed by atoms with van der Waals surface area (Å²) in [7, 11) is 0. The molecule has 25 heavy (non-hydrogen) atoms. The summed E-state index contributed by atoms with van der Waals surface area (Å²) in [5, 5.41) is 21.4. The van der Waals surface area contributed by atoms with Gasteiger partial charge in [0.25, 0.3) is 5.91 Å². The Hall–Kier alpha value is -2.90. The third-order valence-corrected chi connectivity index (χ3v) is 3.85. The van der Waals surface area contributed by atoms with Crippen molar-refractivity contribution >= 4 is 29.5 Å². The van der Waals surface area contributed by atoms with Crippen LogP contribution in [-0.4, -0.2) is 40.1 Å². The summed E-state index contributed by atoms with van der Waals surface area (Å²) in [6.45, 7) is 7.14. The Morgan fingerprint density at radius 1 is 1.04 bits per heavy atom. The van der Waals surface area contributed by atoms with Gasteiger partial charge in [-0.1, -0.05) is 6.92 Å². The molecule has 0 aromatic heterocycles. The Morgan fingerprint density at radius 3 is 1.96 bits per heavy atom. The van der Waals surface area contributed by atoms with E-state index in [4.69, 9.17) is 4.74 Å². The smallest absolute Gasteiger partial charge is 0.336 e. The van der Waals surface area contributed by atoms with Crippen LogP contribution in [0.1, 0.15) is 58.2 Å². The minimum absolute atomic E-state index is 0.118. The molecule has 0 bridgehead atoms. The fourth-order valence-corrected chi connectivity index (χ4v) is 2.77. The minimum atomic E-state index is -1.29. The van der Waals surface area contributed by atoms with Crippen LogP contribution in [0.25, 0.3) is 0 Å². The number of hydrogen-bond acceptors (Lipinski definition) is 5. The molecule has 0 radical (unpaired) electrons. The summed E-state index contributed by atoms with van der Waals surface area (Å²) < 4.78 is 4.79. The summed E-state index contributed by atoms with van der Waals surface area (Å²) in [5.41, 5.74) is 0.476. The van der Waals surface area contributed by atoms with E-state index in [9.17, 15) is 29.4 Å². The molecule has 8 heteroatoms. The molecule has 0 aliphatic rings. The summed E-state index contributed by atoms with van der Waals surface area (Å²) in [6, 6.07) is 0. The molecule has 1 aromatic carbocycles. The maximum Gasteiger partial charge on any atom is 0.336 e. The Bertz CT molecular complexity index is 752. The van der Waals surface area contributed by atoms with E-state index >= 15 is 0 Å². The van der Waals surface area contributed by atoms with E-state index in [0.717, 1.165) is 6.92 Å². The van der Waals surface area contributed by atoms with Gasteiger partial charge in [0.15, 0.2) is 6.10 Å². The van der Waals surface area contributed by atoms with Gasteiger partial charge in [0.2, 0.25) is 0 Å². The van der Waals surface area contributed by atoms with E-state index in [2.05, 4.69) is 5.32 Å². The first-order chi connectivity index (χ1) is 11.5. The molecule has 0 heterocycles. The predicted molar refractivity (Wildman–Crippen MR) is 89.1 cm³/mol. The van der Waals surface area contributed by atoms with Crippen LogP contribution in [0.2, 0.25) is 0 Å². The molecule has 1 atom stereocenters. The number of amides is 1. The highest BCUT2D eigenvalue weighted by molar-refractivity contribution is 6.05. The number of aromatic carboxylic acids is 2. The fraction of sp³-hybridized carbons (Fsp3) is 0.412. The number of rotatable bonds is 6. The van der Waals surface area contributed by atoms with Crippen molar-refractivity contribution < 1.29 is 34.1 Å². The molecule has 1 unspecified atom stereocenters. The van der Waals surface area contributed by atoms with Crippen molar-refractivity contribution in [2.75, 3.05) is 5.32 Å². The van der Waals surface area contributed by atoms with Gasteiger partial charge in [0.1, 0.15) is 0 Å². The van der Waals surface area contributed by atoms with E-state index in [0.29, 0.717) is 5.56 Å². The van der Waals surface area contributed by atoms with Crippen LogP contribution in [0.5, 0.6) is 0 Å². The largest absolute Gasteiger partial charge is 0.478 e. The van der Waals surface area contributed by atoms with E-state index in [1.54, 1.807) is 6.92 Å². The minimum Gasteiger partial charge on any atom is -0.478 e. The van der Waals surface area contributed by atoms with Gasteiger partial charge < -0.3 is 20.3 Å². The number of hydrogen-bond donors (Lipinski definition) is 3. The van der Waals surface area contributed by atoms with Gasteiger partial charge in [-0.25, -0.2) is 9.59 Å². The van der Waals surface area contributed by atoms with Crippen LogP contribution in [0, 0.1) is 13.8 Å². The molecular weight excluding hydrogens is 330 g/mol. The third kappa shape index (κ3) is 4.14. The number of carbonyl (C=O) groups is 4. The molecule has 0 spiro atoms. The highest BCUT2D eigenvalue weighted by Crippen LogP contribution is 2.32. The zero-order valence-corrected chi connectivity index (χ0v) is 14.7. The van der Waals surface area contributed by atoms with Gasteiger partial charge in [-0.3, -0.25) is 9.59 Å². The zero-order chi connectivity index (χ0) is 19.5. The Kier molecular flexibility index (Phi) is 6.27. The molecule has 0 saturated carbocycles. The van der Waals surface area contributed by atoms with E-state index in [1.807, 2.05) is 0 Å². The highest BCUT2D eigenvalue weighted by atomic mass is 16.5. The second-order valence-electron chi connectivity index (χ2n) is 5.56. The molecule has 0 aliphatic carbocycles. The number of esters is 1. The van der Waals surface area contributed by atoms with Gasteiger partial charge in [-0.2, -0.15) is 0 Å². The van der Waals surface area contributed by atoms with E-state index in [1.165, 1.54) is 20.8 Å². The number of benzene rings is 1. The molecule has 0 saturated heterocycles. The van der Waals surface area contributed by atoms with Crippen molar-refractivity contribution in [3.63, 3.8) is 0 Å². The normalized spacial score (nSPS) is 11.6. The van der Waals surface area contributed by atoms with E-state index < -0.39 is 29.9 Å². The molecule has 3 N–H and O–H groups in total. The molecule has 8 nitrogen and oxygen atoms in total. The lowest BCUT2D eigenvalue weighted by Gasteiger charge is -2.21. The number of carboxylic acid groups (broad SMARTS) is 2. The number of nitrogens with one attached hydrogen (secondary N) is 1. The second-order valence-corrected chi connectivity index (χ2v) is 5.56. The molecule has 1 rings (SSSR count). The van der Waals surface area contributed by atoms with Gasteiger partial charge in [-0.15, -0.1) is 0 Å². The van der Waals surface area contributed by atoms with Crippen LogP contribution >= 0.6 is 0 Å². The van der Waals surface area contributed by atoms with Crippen LogP contribution in [-0.2, 0) is 20.7 Å². The maximum atomic E-state index is 12.2. The Morgan fingerprint density at radius 2 is 1.56 bits per heavy atom. The van der Waals surface area contributed by atoms with E-state index in [-0.39, 0.29) is 34.4 Å². The third-order valence-electron chi connectivity index (χ3n) is 3.85. The first-order valence-electron chi connectivity index (χ1n) is 7.63. The predicted octanol–water partition coefficient (Wildman–Crippen LogP) is 2.15. The monoisotopic (exact) mass is 351 g/mol. The van der Waals surface area contributed by atoms with Gasteiger partial charge >= 0.3 is 17.9 Å². The summed E-state index contributed by atoms with van der Waals surface area (Å²) in [6.07, 6.45) is -0.842. The maximum absolute atomic E-state index is 12.2. The number of ether oxygens (including phenoxy) is 1. The molecule has 0 aliphatic heterocycles. The molecular formula is C17H21NO7. The van der Waals surface area contributed by atoms with Crippen molar-refractivity contribution in [3.05, 3.63) is 27.8 Å². The SMILES string of the molecule is CCc1c(NC(=O)C(C)OC(C)=O)c(C)c(C(=O)O)c(C)c1C(=O)O. The first kappa shape index (κ1) is 20.1. The van der Waals surface area contributed by atoms with Crippen molar-refractivity contribution in [3.8, 4) is 0 Å². The zero-order valence-electron chi connectivity index (χ0n) is 14.7. The molecule has 136 valence electrons. The van der Waals surface area contributed by atoms with Crippen LogP contribution in [0.15, 0.2) is 0 Å². The summed E-state index contributed by atoms with van der Waals surface area (Å²) in [4.78, 5) is 46.4. The van der Waals surface area contributed by atoms with Crippen LogP contribution in [0.3, 0.4) is 0 Å². The topological polar surface area (TPSA) is 130 Å². The van der Waals surface area contributed by atoms with Gasteiger partial charge in [-0.05, 0) is 43.9 Å². The molecule has 0 fully saturated rings. The first-order valence-corrected chi connectivity index (χ1v) is 7.63. The highest BCUT2D eigenvalue weighted by Gasteiger charge is 2.27. The lowest BCUT2D eigenvalue weighted by molar-refractivity contribution is -0.150. The van der Waals surface area contributed by atoms with Crippen LogP contribution < -0.4 is 5.32 Å². The number of anilines is 1. The standard InChI is InChI=1S/C17H21NO7/c1-6-11-13(17(23)24)7(2)12(16(21)22)8(3)14(11)18-15(20)9(4)25-10(5)19/h9H,6H2,1-5H3,(H,18,20)(H,21,22)(H,23,24). The van der Waals surface area contributed by atoms with Crippen molar-refractivity contribution in [2.24, 2.45) is 0 Å². The summed E-state index contributed by atoms with van der Waals surface area (Å²) >= 11 is 0. The second kappa shape index (κ2) is 7.78. The lowest BCUT2D eigenvalue weighted by atomic mass is 9.89. The molecule has 1 aromatic rings. The lowest BCUT2D eigenvalue weighted by Crippen LogP contribution is -2.30. The number of carboxylic acids is 2. The van der Waals surface area contributed by atoms with Crippen molar-refractivity contribution in [1.82, 2.24) is 0 Å². The number of carbonyl (C=O) groups excluding carboxylic acids is 2. The Balaban J connectivity index is 3.58. The van der Waals surface area contributed by atoms with Crippen molar-refractivity contribution in [1.29, 1.82) is 0 Å². The van der Waals surface area contributed by atoms with Gasteiger partial charge in [0, 0.05) is 12.6 Å². The average molecular weight is 351 g/mol. The van der Waals surface area contributed by atoms with Gasteiger partial charge in [0.05, 0.1) is 11.1 Å². The average Bonchev–Trinajstić information content (AvgIpc) is 2.47. The Labute approximate surface area is 144 Å². The quantitative estimate of drug-likeness (QED) is 0.669. The fourth-order valence-electron chi connectivity index (χ4n) is 2.77. The van der Waals surface area contributed by atoms with Crippen LogP contribution in [0.4, 0.5) is 5.69 Å². The van der Waals surface area contributed by atoms with Crippen molar-refractivity contribution in [2.45, 2.75) is 47.1 Å². The molecule has 1 amide bonds. The summed E-state index contributed by atoms with van der Waals surface area (Å²) in [5.74, 6) is -3.88.